The van der Waals surface area contributed by atoms with Crippen molar-refractivity contribution in [2.45, 2.75) is 97.8 Å². The van der Waals surface area contributed by atoms with E-state index in [0.717, 1.165) is 95.2 Å². The largest absolute Gasteiger partial charge is 0.494 e. The third-order valence-electron chi connectivity index (χ3n) is 16.2. The summed E-state index contributed by atoms with van der Waals surface area (Å²) in [5, 5.41) is 0. The molecule has 0 spiro atoms. The molecule has 0 saturated carbocycles. The quantitative estimate of drug-likeness (QED) is 0.0215. The predicted molar refractivity (Wildman–Crippen MR) is 380 cm³/mol. The highest BCUT2D eigenvalue weighted by Gasteiger charge is 2.25. The first kappa shape index (κ1) is 70.2. The van der Waals surface area contributed by atoms with Gasteiger partial charge in [0.25, 0.3) is 0 Å². The summed E-state index contributed by atoms with van der Waals surface area (Å²) in [5.74, 6) is -1.55. The Hall–Kier alpha value is -11.6. The molecule has 0 aromatic heterocycles. The summed E-state index contributed by atoms with van der Waals surface area (Å²) in [6, 6.07) is 65.3. The van der Waals surface area contributed by atoms with Gasteiger partial charge in [-0.05, 0) is 216 Å². The highest BCUT2D eigenvalue weighted by Crippen LogP contribution is 2.31. The van der Waals surface area contributed by atoms with Crippen molar-refractivity contribution in [1.29, 1.82) is 0 Å². The van der Waals surface area contributed by atoms with Crippen LogP contribution < -0.4 is 42.6 Å². The molecular weight excluding hydrogens is 1250 g/mol. The zero-order valence-corrected chi connectivity index (χ0v) is 55.7. The molecule has 0 aliphatic rings. The molecule has 99 heavy (non-hydrogen) atoms. The van der Waals surface area contributed by atoms with Gasteiger partial charge < -0.3 is 42.6 Å². The van der Waals surface area contributed by atoms with Crippen LogP contribution in [-0.2, 0) is 0 Å². The van der Waals surface area contributed by atoms with Gasteiger partial charge in [-0.3, -0.25) is 0 Å². The van der Waals surface area contributed by atoms with Crippen molar-refractivity contribution >= 4 is 35.8 Å². The van der Waals surface area contributed by atoms with Crippen molar-refractivity contribution in [3.63, 3.8) is 0 Å². The van der Waals surface area contributed by atoms with Gasteiger partial charge in [-0.15, -0.1) is 0 Å². The minimum absolute atomic E-state index is 0.0142. The molecule has 10 aromatic rings. The monoisotopic (exact) mass is 1330 g/mol. The second-order valence-electron chi connectivity index (χ2n) is 23.5. The fourth-order valence-corrected chi connectivity index (χ4v) is 10.5. The van der Waals surface area contributed by atoms with Crippen LogP contribution in [0.15, 0.2) is 237 Å². The zero-order valence-electron chi connectivity index (χ0n) is 55.7. The molecule has 504 valence electrons. The lowest BCUT2D eigenvalue weighted by Crippen LogP contribution is -2.19. The SMILES string of the molecule is CCCCCCOc1ccc(-c2ccc(OC(=O)c3ccc(OC(=O)c4ccc(C(=O)Oc5ccc(C(=O)Oc6ccc(-c7ccc(OCCCCCC)cc7)cc6)cc5)c(C(=O)Oc5ccc(C(=O)Oc6ccc(-c7ccc(OCCCCCC)cc7)cc6)cc5)c4)cc3)cc2)cc1. The molecule has 15 heteroatoms. The van der Waals surface area contributed by atoms with E-state index in [0.29, 0.717) is 37.1 Å². The van der Waals surface area contributed by atoms with E-state index in [1.807, 2.05) is 109 Å². The molecule has 0 amide bonds. The minimum Gasteiger partial charge on any atom is -0.494 e. The third kappa shape index (κ3) is 20.7. The summed E-state index contributed by atoms with van der Waals surface area (Å²) in [6.45, 7) is 8.55. The second-order valence-corrected chi connectivity index (χ2v) is 23.5. The molecule has 10 aromatic carbocycles. The maximum atomic E-state index is 14.2. The fraction of sp³-hybridized carbons (Fsp3) is 0.214. The van der Waals surface area contributed by atoms with E-state index < -0.39 is 35.8 Å². The molecule has 0 aliphatic carbocycles. The van der Waals surface area contributed by atoms with Gasteiger partial charge in [0.05, 0.1) is 53.2 Å². The number of hydrogen-bond donors (Lipinski definition) is 0. The molecule has 0 saturated heterocycles. The Morgan fingerprint density at radius 1 is 0.212 bits per heavy atom. The first-order valence-corrected chi connectivity index (χ1v) is 33.7. The van der Waals surface area contributed by atoms with Crippen molar-refractivity contribution < 1.29 is 71.4 Å². The normalized spacial score (nSPS) is 10.8. The van der Waals surface area contributed by atoms with Crippen LogP contribution in [0.25, 0.3) is 33.4 Å². The van der Waals surface area contributed by atoms with E-state index >= 15 is 0 Å². The lowest BCUT2D eigenvalue weighted by molar-refractivity contribution is 0.0689. The van der Waals surface area contributed by atoms with Crippen LogP contribution in [0.5, 0.6) is 51.7 Å². The fourth-order valence-electron chi connectivity index (χ4n) is 10.5. The smallest absolute Gasteiger partial charge is 0.344 e. The maximum absolute atomic E-state index is 14.2. The maximum Gasteiger partial charge on any atom is 0.344 e. The zero-order chi connectivity index (χ0) is 69.1. The molecule has 0 N–H and O–H groups in total. The molecule has 0 fully saturated rings. The van der Waals surface area contributed by atoms with E-state index in [2.05, 4.69) is 20.8 Å². The van der Waals surface area contributed by atoms with Crippen LogP contribution in [0, 0.1) is 0 Å². The van der Waals surface area contributed by atoms with Gasteiger partial charge >= 0.3 is 35.8 Å². The molecular formula is C84H78O15. The molecule has 15 nitrogen and oxygen atoms in total. The number of carbonyl (C=O) groups excluding carboxylic acids is 6. The highest BCUT2D eigenvalue weighted by molar-refractivity contribution is 6.06. The van der Waals surface area contributed by atoms with Gasteiger partial charge in [0.1, 0.15) is 51.7 Å². The van der Waals surface area contributed by atoms with Crippen LogP contribution >= 0.6 is 0 Å². The Morgan fingerprint density at radius 2 is 0.424 bits per heavy atom. The van der Waals surface area contributed by atoms with Crippen LogP contribution in [-0.4, -0.2) is 55.6 Å². The van der Waals surface area contributed by atoms with E-state index in [4.69, 9.17) is 42.6 Å². The first-order valence-electron chi connectivity index (χ1n) is 33.7. The van der Waals surface area contributed by atoms with Crippen LogP contribution in [0.4, 0.5) is 0 Å². The number of esters is 6. The lowest BCUT2D eigenvalue weighted by atomic mass is 10.0. The number of unbranched alkanes of at least 4 members (excludes halogenated alkanes) is 9. The number of benzene rings is 10. The van der Waals surface area contributed by atoms with E-state index in [1.54, 1.807) is 36.4 Å². The average molecular weight is 1330 g/mol. The van der Waals surface area contributed by atoms with Crippen LogP contribution in [0.1, 0.15) is 160 Å². The highest BCUT2D eigenvalue weighted by atomic mass is 16.6. The van der Waals surface area contributed by atoms with E-state index in [1.165, 1.54) is 123 Å². The van der Waals surface area contributed by atoms with Crippen LogP contribution in [0.2, 0.25) is 0 Å². The average Bonchev–Trinajstić information content (AvgIpc) is 0.892. The third-order valence-corrected chi connectivity index (χ3v) is 16.2. The van der Waals surface area contributed by atoms with Gasteiger partial charge in [-0.25, -0.2) is 28.8 Å². The van der Waals surface area contributed by atoms with Gasteiger partial charge in [0, 0.05) is 0 Å². The number of rotatable bonds is 33. The molecule has 0 aliphatic heterocycles. The van der Waals surface area contributed by atoms with Gasteiger partial charge in [0.2, 0.25) is 0 Å². The van der Waals surface area contributed by atoms with Crippen molar-refractivity contribution in [2.75, 3.05) is 19.8 Å². The lowest BCUT2D eigenvalue weighted by Gasteiger charge is -2.12. The molecule has 0 heterocycles. The Bertz CT molecular complexity index is 4280. The van der Waals surface area contributed by atoms with Crippen molar-refractivity contribution in [3.8, 4) is 85.1 Å². The molecule has 0 bridgehead atoms. The van der Waals surface area contributed by atoms with Crippen molar-refractivity contribution in [1.82, 2.24) is 0 Å². The van der Waals surface area contributed by atoms with Gasteiger partial charge in [0.15, 0.2) is 0 Å². The predicted octanol–water partition coefficient (Wildman–Crippen LogP) is 19.9. The Kier molecular flexibility index (Phi) is 25.5. The van der Waals surface area contributed by atoms with E-state index in [9.17, 15) is 28.8 Å². The molecule has 0 atom stereocenters. The molecule has 0 radical (unpaired) electrons. The van der Waals surface area contributed by atoms with Crippen molar-refractivity contribution in [3.05, 3.63) is 270 Å². The Balaban J connectivity index is 0.776. The summed E-state index contributed by atoms with van der Waals surface area (Å²) in [5.41, 5.74) is 5.34. The number of carbonyl (C=O) groups is 6. The summed E-state index contributed by atoms with van der Waals surface area (Å²) in [7, 11) is 0. The molecule has 0 unspecified atom stereocenters. The van der Waals surface area contributed by atoms with Crippen molar-refractivity contribution in [2.24, 2.45) is 0 Å². The second kappa shape index (κ2) is 36.0. The molecule has 10 rings (SSSR count). The first-order chi connectivity index (χ1) is 48.4. The summed E-state index contributed by atoms with van der Waals surface area (Å²) in [4.78, 5) is 82.0. The summed E-state index contributed by atoms with van der Waals surface area (Å²) < 4.78 is 51.8. The summed E-state index contributed by atoms with van der Waals surface area (Å²) >= 11 is 0. The standard InChI is InChI=1S/C84H78O15/c1-4-7-10-13-54-91-68-35-16-58(17-36-68)61-22-41-71(42-23-61)94-79(85)64-28-47-74(48-29-64)97-82(88)67-34-53-77(83(89)98-75-49-30-65(31-50-75)80(86)95-72-43-24-62(25-44-72)59-18-37-69(38-19-59)92-55-14-11-8-5-2)78(57-67)84(90)99-76-51-32-66(33-52-76)81(87)96-73-45-26-63(27-46-73)60-20-39-70(40-21-60)93-56-15-12-9-6-3/h16-53,57H,4-15,54-56H2,1-3H3. The van der Waals surface area contributed by atoms with E-state index in [-0.39, 0.29) is 50.6 Å². The topological polar surface area (TPSA) is 185 Å². The minimum atomic E-state index is -1.07. The number of ether oxygens (including phenoxy) is 9. The Morgan fingerprint density at radius 3 is 0.687 bits per heavy atom. The van der Waals surface area contributed by atoms with Gasteiger partial charge in [-0.2, -0.15) is 0 Å². The number of hydrogen-bond acceptors (Lipinski definition) is 15. The van der Waals surface area contributed by atoms with Gasteiger partial charge in [-0.1, -0.05) is 151 Å². The van der Waals surface area contributed by atoms with Crippen LogP contribution in [0.3, 0.4) is 0 Å². The Labute approximate surface area is 577 Å². The summed E-state index contributed by atoms with van der Waals surface area (Å²) in [6.07, 6.45) is 13.5.